The molecule has 2 N–H and O–H groups in total. The molecule has 6 nitrogen and oxygen atoms in total. The number of halogens is 2. The van der Waals surface area contributed by atoms with Gasteiger partial charge >= 0.3 is 6.61 Å². The maximum Gasteiger partial charge on any atom is 0.387 e. The van der Waals surface area contributed by atoms with Crippen LogP contribution in [0.25, 0.3) is 0 Å². The molecule has 0 saturated heterocycles. The summed E-state index contributed by atoms with van der Waals surface area (Å²) >= 11 is 0. The molecule has 0 fully saturated rings. The molecule has 2 atom stereocenters. The lowest BCUT2D eigenvalue weighted by molar-refractivity contribution is -0.124. The SMILES string of the molecule is COc1cc2c(cc1OC)C(CCc1ccc(OC(F)F)cc1)N([C@@H](C(N)=O)c1ccccc1)CC2. The standard InChI is InChI=1S/C28H30F2N2O4/c1-34-24-16-20-14-15-32(26(27(31)33)19-6-4-3-5-7-19)23(22(20)17-25(24)35-2)13-10-18-8-11-21(12-9-18)36-28(29)30/h3-9,11-12,16-17,23,26,28H,10,13-15H2,1-2H3,(H2,31,33)/t23?,26-/m1/s1. The third kappa shape index (κ3) is 5.60. The molecule has 4 rings (SSSR count). The average Bonchev–Trinajstić information content (AvgIpc) is 2.88. The van der Waals surface area contributed by atoms with Crippen molar-refractivity contribution >= 4 is 5.91 Å². The first-order chi connectivity index (χ1) is 17.4. The Kier molecular flexibility index (Phi) is 8.05. The van der Waals surface area contributed by atoms with Crippen LogP contribution in [0.5, 0.6) is 17.2 Å². The van der Waals surface area contributed by atoms with Gasteiger partial charge in [0, 0.05) is 12.6 Å². The van der Waals surface area contributed by atoms with E-state index in [2.05, 4.69) is 9.64 Å². The summed E-state index contributed by atoms with van der Waals surface area (Å²) in [5.74, 6) is 0.983. The molecular weight excluding hydrogens is 466 g/mol. The second kappa shape index (κ2) is 11.4. The summed E-state index contributed by atoms with van der Waals surface area (Å²) in [6.45, 7) is -2.23. The first kappa shape index (κ1) is 25.4. The van der Waals surface area contributed by atoms with E-state index in [9.17, 15) is 13.6 Å². The van der Waals surface area contributed by atoms with Crippen LogP contribution in [0.15, 0.2) is 66.7 Å². The molecule has 3 aromatic carbocycles. The number of aryl methyl sites for hydroxylation is 1. The van der Waals surface area contributed by atoms with Crippen LogP contribution in [0.4, 0.5) is 8.78 Å². The van der Waals surface area contributed by atoms with E-state index in [0.717, 1.165) is 28.7 Å². The Morgan fingerprint density at radius 2 is 1.69 bits per heavy atom. The zero-order chi connectivity index (χ0) is 25.7. The van der Waals surface area contributed by atoms with Crippen molar-refractivity contribution in [1.82, 2.24) is 4.90 Å². The minimum absolute atomic E-state index is 0.119. The number of primary amides is 1. The van der Waals surface area contributed by atoms with E-state index in [1.54, 1.807) is 26.4 Å². The number of benzene rings is 3. The molecule has 1 heterocycles. The van der Waals surface area contributed by atoms with Crippen molar-refractivity contribution in [3.8, 4) is 17.2 Å². The molecule has 190 valence electrons. The van der Waals surface area contributed by atoms with Crippen molar-refractivity contribution in [2.24, 2.45) is 5.73 Å². The molecule has 0 spiro atoms. The Morgan fingerprint density at radius 3 is 2.31 bits per heavy atom. The summed E-state index contributed by atoms with van der Waals surface area (Å²) in [4.78, 5) is 14.9. The van der Waals surface area contributed by atoms with Gasteiger partial charge in [-0.2, -0.15) is 8.78 Å². The van der Waals surface area contributed by atoms with Gasteiger partial charge in [-0.3, -0.25) is 9.69 Å². The third-order valence-corrected chi connectivity index (χ3v) is 6.62. The molecular formula is C28H30F2N2O4. The van der Waals surface area contributed by atoms with E-state index < -0.39 is 18.6 Å². The van der Waals surface area contributed by atoms with E-state index in [1.165, 1.54) is 12.1 Å². The molecule has 0 radical (unpaired) electrons. The average molecular weight is 497 g/mol. The topological polar surface area (TPSA) is 74.0 Å². The second-order valence-corrected chi connectivity index (χ2v) is 8.69. The summed E-state index contributed by atoms with van der Waals surface area (Å²) in [6, 6.07) is 19.4. The van der Waals surface area contributed by atoms with E-state index in [0.29, 0.717) is 30.9 Å². The van der Waals surface area contributed by atoms with Gasteiger partial charge in [-0.15, -0.1) is 0 Å². The van der Waals surface area contributed by atoms with Gasteiger partial charge in [-0.05, 0) is 65.8 Å². The Bertz CT molecular complexity index is 1170. The van der Waals surface area contributed by atoms with Crippen LogP contribution in [-0.2, 0) is 17.6 Å². The van der Waals surface area contributed by atoms with E-state index in [-0.39, 0.29) is 11.8 Å². The molecule has 1 unspecified atom stereocenters. The molecule has 3 aromatic rings. The minimum Gasteiger partial charge on any atom is -0.493 e. The van der Waals surface area contributed by atoms with Crippen LogP contribution in [0.3, 0.4) is 0 Å². The number of nitrogens with zero attached hydrogens (tertiary/aromatic N) is 1. The van der Waals surface area contributed by atoms with Crippen molar-refractivity contribution in [3.63, 3.8) is 0 Å². The first-order valence-corrected chi connectivity index (χ1v) is 11.8. The quantitative estimate of drug-likeness (QED) is 0.425. The number of carbonyl (C=O) groups is 1. The van der Waals surface area contributed by atoms with Crippen molar-refractivity contribution in [2.45, 2.75) is 38.0 Å². The Morgan fingerprint density at radius 1 is 1.03 bits per heavy atom. The first-order valence-electron chi connectivity index (χ1n) is 11.8. The number of fused-ring (bicyclic) bond motifs is 1. The molecule has 8 heteroatoms. The fourth-order valence-corrected chi connectivity index (χ4v) is 4.97. The number of hydrogen-bond donors (Lipinski definition) is 1. The molecule has 0 aliphatic carbocycles. The molecule has 1 aliphatic heterocycles. The number of ether oxygens (including phenoxy) is 3. The number of amides is 1. The summed E-state index contributed by atoms with van der Waals surface area (Å²) in [6.07, 6.45) is 2.06. The Labute approximate surface area is 209 Å². The van der Waals surface area contributed by atoms with Gasteiger partial charge in [-0.1, -0.05) is 42.5 Å². The van der Waals surface area contributed by atoms with Gasteiger partial charge in [0.1, 0.15) is 11.8 Å². The Hall–Kier alpha value is -3.65. The highest BCUT2D eigenvalue weighted by Crippen LogP contribution is 2.43. The fourth-order valence-electron chi connectivity index (χ4n) is 4.97. The number of carbonyl (C=O) groups excluding carboxylic acids is 1. The normalized spacial score (nSPS) is 16.3. The van der Waals surface area contributed by atoms with Crippen molar-refractivity contribution < 1.29 is 27.8 Å². The van der Waals surface area contributed by atoms with Crippen LogP contribution >= 0.6 is 0 Å². The number of rotatable bonds is 10. The number of alkyl halides is 2. The van der Waals surface area contributed by atoms with Crippen molar-refractivity contribution in [2.75, 3.05) is 20.8 Å². The smallest absolute Gasteiger partial charge is 0.387 e. The molecule has 1 amide bonds. The molecule has 1 aliphatic rings. The van der Waals surface area contributed by atoms with Gasteiger partial charge in [-0.25, -0.2) is 0 Å². The van der Waals surface area contributed by atoms with E-state index in [1.807, 2.05) is 42.5 Å². The zero-order valence-corrected chi connectivity index (χ0v) is 20.3. The molecule has 0 saturated carbocycles. The number of methoxy groups -OCH3 is 2. The molecule has 36 heavy (non-hydrogen) atoms. The van der Waals surface area contributed by atoms with Crippen LogP contribution < -0.4 is 19.9 Å². The lowest BCUT2D eigenvalue weighted by Crippen LogP contribution is -2.44. The summed E-state index contributed by atoms with van der Waals surface area (Å²) in [5.41, 5.74) is 9.94. The highest BCUT2D eigenvalue weighted by atomic mass is 19.3. The van der Waals surface area contributed by atoms with Crippen molar-refractivity contribution in [1.29, 1.82) is 0 Å². The maximum absolute atomic E-state index is 12.7. The number of nitrogens with two attached hydrogens (primary N) is 1. The van der Waals surface area contributed by atoms with Gasteiger partial charge in [0.05, 0.1) is 14.2 Å². The highest BCUT2D eigenvalue weighted by Gasteiger charge is 2.36. The van der Waals surface area contributed by atoms with Gasteiger partial charge in [0.2, 0.25) is 5.91 Å². The largest absolute Gasteiger partial charge is 0.493 e. The van der Waals surface area contributed by atoms with Gasteiger partial charge in [0.25, 0.3) is 0 Å². The van der Waals surface area contributed by atoms with Crippen molar-refractivity contribution in [3.05, 3.63) is 89.0 Å². The second-order valence-electron chi connectivity index (χ2n) is 8.69. The summed E-state index contributed by atoms with van der Waals surface area (Å²) in [7, 11) is 3.20. The van der Waals surface area contributed by atoms with E-state index in [4.69, 9.17) is 15.2 Å². The monoisotopic (exact) mass is 496 g/mol. The minimum atomic E-state index is -2.86. The van der Waals surface area contributed by atoms with Crippen LogP contribution in [0, 0.1) is 0 Å². The molecule has 0 aromatic heterocycles. The van der Waals surface area contributed by atoms with Crippen LogP contribution in [-0.4, -0.2) is 38.2 Å². The Balaban J connectivity index is 1.69. The van der Waals surface area contributed by atoms with E-state index >= 15 is 0 Å². The number of hydrogen-bond acceptors (Lipinski definition) is 5. The lowest BCUT2D eigenvalue weighted by atomic mass is 9.86. The van der Waals surface area contributed by atoms with Crippen LogP contribution in [0.2, 0.25) is 0 Å². The fraction of sp³-hybridized carbons (Fsp3) is 0.321. The zero-order valence-electron chi connectivity index (χ0n) is 20.3. The lowest BCUT2D eigenvalue weighted by Gasteiger charge is -2.41. The predicted octanol–water partition coefficient (Wildman–Crippen LogP) is 5.06. The summed E-state index contributed by atoms with van der Waals surface area (Å²) < 4.78 is 40.6. The maximum atomic E-state index is 12.7. The van der Waals surface area contributed by atoms with Crippen LogP contribution in [0.1, 0.15) is 40.8 Å². The van der Waals surface area contributed by atoms with Gasteiger partial charge < -0.3 is 19.9 Å². The molecule has 0 bridgehead atoms. The summed E-state index contributed by atoms with van der Waals surface area (Å²) in [5, 5.41) is 0. The highest BCUT2D eigenvalue weighted by molar-refractivity contribution is 5.81. The predicted molar refractivity (Wildman–Crippen MR) is 132 cm³/mol. The van der Waals surface area contributed by atoms with Gasteiger partial charge in [0.15, 0.2) is 11.5 Å². The third-order valence-electron chi connectivity index (χ3n) is 6.62.